The van der Waals surface area contributed by atoms with Gasteiger partial charge < -0.3 is 5.32 Å². The second kappa shape index (κ2) is 12.5. The fourth-order valence-corrected chi connectivity index (χ4v) is 6.93. The molecule has 2 heterocycles. The number of likely N-dealkylation sites (tertiary alicyclic amines) is 1. The van der Waals surface area contributed by atoms with Crippen LogP contribution < -0.4 is 10.0 Å². The highest BCUT2D eigenvalue weighted by molar-refractivity contribution is 7.89. The van der Waals surface area contributed by atoms with E-state index in [9.17, 15) is 26.4 Å². The van der Waals surface area contributed by atoms with Gasteiger partial charge in [-0.3, -0.25) is 14.7 Å². The smallest absolute Gasteiger partial charge is 0.261 e. The van der Waals surface area contributed by atoms with E-state index in [-0.39, 0.29) is 47.6 Å². The number of carbonyl (C=O) groups excluding carboxylic acids is 1. The van der Waals surface area contributed by atoms with Gasteiger partial charge in [-0.1, -0.05) is 30.3 Å². The maximum atomic E-state index is 13.4. The number of rotatable bonds is 9. The van der Waals surface area contributed by atoms with Crippen molar-refractivity contribution in [3.8, 4) is 11.3 Å². The summed E-state index contributed by atoms with van der Waals surface area (Å²) in [5, 5.41) is 2.98. The third kappa shape index (κ3) is 7.56. The number of aromatic nitrogens is 1. The third-order valence-electron chi connectivity index (χ3n) is 8.09. The number of sulfonamides is 1. The predicted octanol–water partition coefficient (Wildman–Crippen LogP) is 5.44. The van der Waals surface area contributed by atoms with Crippen LogP contribution in [-0.4, -0.2) is 49.3 Å². The lowest BCUT2D eigenvalue weighted by Gasteiger charge is -2.29. The summed E-state index contributed by atoms with van der Waals surface area (Å²) in [5.74, 6) is -3.25. The summed E-state index contributed by atoms with van der Waals surface area (Å²) in [6.45, 7) is 2.37. The van der Waals surface area contributed by atoms with Gasteiger partial charge in [-0.25, -0.2) is 26.3 Å². The van der Waals surface area contributed by atoms with Crippen molar-refractivity contribution >= 4 is 15.9 Å². The largest absolute Gasteiger partial charge is 0.349 e. The molecule has 1 aromatic heterocycles. The van der Waals surface area contributed by atoms with Crippen molar-refractivity contribution in [2.75, 3.05) is 13.1 Å². The number of hydrogen-bond donors (Lipinski definition) is 2. The van der Waals surface area contributed by atoms with E-state index in [1.807, 2.05) is 13.0 Å². The lowest BCUT2D eigenvalue weighted by Crippen LogP contribution is -2.41. The van der Waals surface area contributed by atoms with Gasteiger partial charge in [0.25, 0.3) is 5.92 Å². The van der Waals surface area contributed by atoms with Crippen molar-refractivity contribution in [3.63, 3.8) is 0 Å². The summed E-state index contributed by atoms with van der Waals surface area (Å²) >= 11 is 0. The molecule has 2 N–H and O–H groups in total. The Morgan fingerprint density at radius 3 is 2.31 bits per heavy atom. The number of amides is 1. The average Bonchev–Trinajstić information content (AvgIpc) is 3.31. The van der Waals surface area contributed by atoms with E-state index in [2.05, 4.69) is 15.0 Å². The number of hydrogen-bond acceptors (Lipinski definition) is 5. The van der Waals surface area contributed by atoms with Crippen molar-refractivity contribution < 1.29 is 26.4 Å². The van der Waals surface area contributed by atoms with Crippen LogP contribution in [-0.2, 0) is 21.4 Å². The topological polar surface area (TPSA) is 91.4 Å². The molecule has 2 aromatic carbocycles. The van der Waals surface area contributed by atoms with Gasteiger partial charge in [0.2, 0.25) is 15.9 Å². The first-order valence-corrected chi connectivity index (χ1v) is 15.7. The summed E-state index contributed by atoms with van der Waals surface area (Å²) in [4.78, 5) is 19.1. The maximum Gasteiger partial charge on any atom is 0.261 e. The molecule has 2 fully saturated rings. The normalized spacial score (nSPS) is 21.6. The number of benzene rings is 2. The molecule has 3 aromatic rings. The molecule has 7 nitrogen and oxygen atoms in total. The van der Waals surface area contributed by atoms with E-state index in [0.717, 1.165) is 16.7 Å². The Morgan fingerprint density at radius 2 is 1.71 bits per heavy atom. The molecule has 42 heavy (non-hydrogen) atoms. The second-order valence-electron chi connectivity index (χ2n) is 11.3. The average molecular weight is 601 g/mol. The first-order chi connectivity index (χ1) is 20.0. The van der Waals surface area contributed by atoms with Crippen molar-refractivity contribution in [1.29, 1.82) is 0 Å². The first-order valence-electron chi connectivity index (χ1n) is 14.2. The van der Waals surface area contributed by atoms with Crippen LogP contribution in [0.4, 0.5) is 13.2 Å². The summed E-state index contributed by atoms with van der Waals surface area (Å²) in [5.41, 5.74) is 3.06. The Balaban J connectivity index is 1.11. The lowest BCUT2D eigenvalue weighted by atomic mass is 9.85. The number of carbonyl (C=O) groups is 1. The van der Waals surface area contributed by atoms with E-state index in [1.165, 1.54) is 24.3 Å². The van der Waals surface area contributed by atoms with Crippen molar-refractivity contribution in [2.45, 2.75) is 68.5 Å². The van der Waals surface area contributed by atoms with Crippen LogP contribution in [0.5, 0.6) is 0 Å². The number of pyridine rings is 1. The van der Waals surface area contributed by atoms with Gasteiger partial charge in [0.05, 0.1) is 23.2 Å². The van der Waals surface area contributed by atoms with Gasteiger partial charge in [-0.15, -0.1) is 0 Å². The minimum absolute atomic E-state index is 0.0806. The highest BCUT2D eigenvalue weighted by atomic mass is 32.2. The summed E-state index contributed by atoms with van der Waals surface area (Å²) < 4.78 is 69.0. The highest BCUT2D eigenvalue weighted by Crippen LogP contribution is 2.29. The molecule has 0 radical (unpaired) electrons. The van der Waals surface area contributed by atoms with Crippen molar-refractivity contribution in [2.24, 2.45) is 5.92 Å². The molecule has 11 heteroatoms. The summed E-state index contributed by atoms with van der Waals surface area (Å²) in [7, 11) is -3.75. The Hall–Kier alpha value is -3.28. The molecule has 0 unspecified atom stereocenters. The number of nitrogens with zero attached hydrogens (tertiary/aromatic N) is 2. The van der Waals surface area contributed by atoms with E-state index in [4.69, 9.17) is 0 Å². The van der Waals surface area contributed by atoms with E-state index in [1.54, 1.807) is 41.4 Å². The minimum Gasteiger partial charge on any atom is -0.349 e. The minimum atomic E-state index is -3.75. The first kappa shape index (κ1) is 30.2. The van der Waals surface area contributed by atoms with E-state index < -0.39 is 15.9 Å². The Morgan fingerprint density at radius 1 is 1.02 bits per heavy atom. The summed E-state index contributed by atoms with van der Waals surface area (Å²) in [6, 6.07) is 15.6. The molecular formula is C31H35F3N4O3S. The van der Waals surface area contributed by atoms with Crippen LogP contribution in [0.2, 0.25) is 0 Å². The predicted molar refractivity (Wildman–Crippen MR) is 154 cm³/mol. The fourth-order valence-electron chi connectivity index (χ4n) is 5.62. The zero-order valence-corrected chi connectivity index (χ0v) is 24.2. The molecular weight excluding hydrogens is 565 g/mol. The van der Waals surface area contributed by atoms with E-state index in [0.29, 0.717) is 44.5 Å². The lowest BCUT2D eigenvalue weighted by molar-refractivity contribution is -0.126. The zero-order chi connectivity index (χ0) is 29.9. The van der Waals surface area contributed by atoms with Crippen LogP contribution in [0.25, 0.3) is 11.3 Å². The Bertz CT molecular complexity index is 1480. The van der Waals surface area contributed by atoms with Crippen LogP contribution in [0.15, 0.2) is 71.8 Å². The molecule has 0 bridgehead atoms. The molecule has 0 spiro atoms. The number of halogens is 3. The van der Waals surface area contributed by atoms with Gasteiger partial charge in [-0.05, 0) is 74.1 Å². The molecule has 1 saturated heterocycles. The second-order valence-corrected chi connectivity index (χ2v) is 13.1. The monoisotopic (exact) mass is 600 g/mol. The van der Waals surface area contributed by atoms with Gasteiger partial charge >= 0.3 is 0 Å². The summed E-state index contributed by atoms with van der Waals surface area (Å²) in [6.07, 6.45) is 3.77. The molecule has 1 saturated carbocycles. The molecule has 1 atom stereocenters. The van der Waals surface area contributed by atoms with Crippen LogP contribution in [0, 0.1) is 11.7 Å². The fraction of sp³-hybridized carbons (Fsp3) is 0.419. The Kier molecular flexibility index (Phi) is 9.00. The molecule has 224 valence electrons. The van der Waals surface area contributed by atoms with Crippen molar-refractivity contribution in [3.05, 3.63) is 83.8 Å². The third-order valence-corrected chi connectivity index (χ3v) is 9.62. The van der Waals surface area contributed by atoms with Gasteiger partial charge in [0.15, 0.2) is 0 Å². The zero-order valence-electron chi connectivity index (χ0n) is 23.4. The number of alkyl halides is 2. The van der Waals surface area contributed by atoms with Gasteiger partial charge in [-0.2, -0.15) is 0 Å². The van der Waals surface area contributed by atoms with E-state index >= 15 is 0 Å². The quantitative estimate of drug-likeness (QED) is 0.341. The molecule has 2 aliphatic rings. The molecule has 5 rings (SSSR count). The highest BCUT2D eigenvalue weighted by Gasteiger charge is 2.38. The SMILES string of the molecule is C[C@@H](NC(=O)[C@H]1CC[C@H](NS(=O)(=O)c2ccc(-c3ccc(CN4CCC(F)(F)C4)cn3)cc2)CC1)c1ccc(F)cc1. The van der Waals surface area contributed by atoms with Crippen LogP contribution in [0.1, 0.15) is 56.2 Å². The molecule has 1 aliphatic carbocycles. The van der Waals surface area contributed by atoms with Gasteiger partial charge in [0.1, 0.15) is 5.82 Å². The van der Waals surface area contributed by atoms with Crippen LogP contribution >= 0.6 is 0 Å². The van der Waals surface area contributed by atoms with Crippen LogP contribution in [0.3, 0.4) is 0 Å². The standard InChI is InChI=1S/C31H35F3N4O3S/c1-21(23-3-9-26(32)10-4-23)36-30(39)25-5-11-27(12-6-25)37-42(40,41)28-13-7-24(8-14-28)29-15-2-22(18-35-29)19-38-17-16-31(33,34)20-38/h2-4,7-10,13-15,18,21,25,27,37H,5-6,11-12,16-17,19-20H2,1H3,(H,36,39)/t21-,25-,27-/m1/s1. The van der Waals surface area contributed by atoms with Gasteiger partial charge in [0, 0.05) is 43.2 Å². The molecule has 1 aliphatic heterocycles. The molecule has 1 amide bonds. The van der Waals surface area contributed by atoms with Crippen molar-refractivity contribution in [1.82, 2.24) is 19.9 Å². The Labute approximate surface area is 244 Å². The maximum absolute atomic E-state index is 13.4. The number of nitrogens with one attached hydrogen (secondary N) is 2.